The molecule has 0 radical (unpaired) electrons. The molecule has 0 aliphatic carbocycles. The van der Waals surface area contributed by atoms with Gasteiger partial charge in [0.25, 0.3) is 0 Å². The molecule has 9 heteroatoms. The lowest BCUT2D eigenvalue weighted by atomic mass is 9.90. The fourth-order valence-electron chi connectivity index (χ4n) is 4.03. The molecule has 6 nitrogen and oxygen atoms in total. The van der Waals surface area contributed by atoms with Crippen molar-refractivity contribution >= 4 is 11.8 Å². The Balaban J connectivity index is 1.45. The van der Waals surface area contributed by atoms with Gasteiger partial charge in [-0.15, -0.1) is 0 Å². The molecule has 2 heterocycles. The number of rotatable bonds is 13. The fraction of sp³-hybridized carbons (Fsp3) is 0.652. The summed E-state index contributed by atoms with van der Waals surface area (Å²) in [5.74, 6) is -0.545. The lowest BCUT2D eigenvalue weighted by molar-refractivity contribution is 0.0133. The lowest BCUT2D eigenvalue weighted by Gasteiger charge is -2.34. The number of thioether (sulfide) groups is 1. The predicted octanol–water partition coefficient (Wildman–Crippen LogP) is 3.85. The zero-order chi connectivity index (χ0) is 22.8. The second-order valence-electron chi connectivity index (χ2n) is 8.38. The van der Waals surface area contributed by atoms with Crippen molar-refractivity contribution in [3.8, 4) is 0 Å². The minimum absolute atomic E-state index is 0.0469. The Labute approximate surface area is 193 Å². The van der Waals surface area contributed by atoms with E-state index in [0.29, 0.717) is 0 Å². The van der Waals surface area contributed by atoms with Crippen molar-refractivity contribution in [3.63, 3.8) is 0 Å². The third-order valence-corrected chi connectivity index (χ3v) is 7.44. The Morgan fingerprint density at radius 3 is 2.62 bits per heavy atom. The summed E-state index contributed by atoms with van der Waals surface area (Å²) in [6, 6.07) is 3.32. The minimum atomic E-state index is -1.53. The molecule has 32 heavy (non-hydrogen) atoms. The largest absolute Gasteiger partial charge is 0.382 e. The van der Waals surface area contributed by atoms with Gasteiger partial charge in [-0.25, -0.2) is 18.4 Å². The van der Waals surface area contributed by atoms with Gasteiger partial charge in [0.05, 0.1) is 19.8 Å². The molecular formula is C23H34F2N4O2S. The maximum Gasteiger partial charge on any atom is 0.137 e. The Kier molecular flexibility index (Phi) is 9.90. The van der Waals surface area contributed by atoms with Crippen LogP contribution in [0.5, 0.6) is 0 Å². The van der Waals surface area contributed by atoms with E-state index in [9.17, 15) is 13.9 Å². The molecule has 0 bridgehead atoms. The van der Waals surface area contributed by atoms with Gasteiger partial charge in [-0.3, -0.25) is 4.90 Å². The van der Waals surface area contributed by atoms with Gasteiger partial charge in [-0.2, -0.15) is 16.9 Å². The Morgan fingerprint density at radius 2 is 1.91 bits per heavy atom. The number of morpholine rings is 1. The highest BCUT2D eigenvalue weighted by molar-refractivity contribution is 7.99. The quantitative estimate of drug-likeness (QED) is 0.451. The highest BCUT2D eigenvalue weighted by Gasteiger charge is 2.39. The van der Waals surface area contributed by atoms with E-state index in [1.165, 1.54) is 48.7 Å². The van der Waals surface area contributed by atoms with Gasteiger partial charge in [0.15, 0.2) is 0 Å². The maximum absolute atomic E-state index is 14.6. The number of benzene rings is 1. The molecule has 178 valence electrons. The van der Waals surface area contributed by atoms with Crippen molar-refractivity contribution in [1.29, 1.82) is 0 Å². The molecule has 2 aromatic rings. The summed E-state index contributed by atoms with van der Waals surface area (Å²) in [5, 5.41) is 15.3. The molecule has 0 saturated carbocycles. The summed E-state index contributed by atoms with van der Waals surface area (Å²) in [5.41, 5.74) is -1.45. The highest BCUT2D eigenvalue weighted by Crippen LogP contribution is 2.36. The van der Waals surface area contributed by atoms with Gasteiger partial charge in [0.1, 0.15) is 29.9 Å². The molecular weight excluding hydrogens is 434 g/mol. The van der Waals surface area contributed by atoms with Crippen molar-refractivity contribution < 1.29 is 18.6 Å². The maximum atomic E-state index is 14.6. The van der Waals surface area contributed by atoms with E-state index >= 15 is 0 Å². The zero-order valence-electron chi connectivity index (χ0n) is 18.8. The molecule has 1 aromatic carbocycles. The highest BCUT2D eigenvalue weighted by atomic mass is 32.2. The second kappa shape index (κ2) is 12.6. The van der Waals surface area contributed by atoms with Gasteiger partial charge in [-0.1, -0.05) is 32.3 Å². The van der Waals surface area contributed by atoms with Gasteiger partial charge in [-0.05, 0) is 31.2 Å². The van der Waals surface area contributed by atoms with E-state index in [0.717, 1.165) is 57.5 Å². The smallest absolute Gasteiger partial charge is 0.137 e. The summed E-state index contributed by atoms with van der Waals surface area (Å²) in [6.07, 6.45) is 8.65. The third kappa shape index (κ3) is 7.23. The number of hydrogen-bond donors (Lipinski definition) is 1. The van der Waals surface area contributed by atoms with Crippen LogP contribution in [0.4, 0.5) is 8.78 Å². The lowest BCUT2D eigenvalue weighted by Crippen LogP contribution is -2.41. The third-order valence-electron chi connectivity index (χ3n) is 6.03. The average molecular weight is 469 g/mol. The molecule has 1 aliphatic rings. The van der Waals surface area contributed by atoms with Crippen molar-refractivity contribution in [3.05, 3.63) is 48.1 Å². The fourth-order valence-corrected chi connectivity index (χ4v) is 5.23. The molecule has 2 atom stereocenters. The molecule has 1 fully saturated rings. The summed E-state index contributed by atoms with van der Waals surface area (Å²) in [7, 11) is 0. The minimum Gasteiger partial charge on any atom is -0.382 e. The van der Waals surface area contributed by atoms with Crippen molar-refractivity contribution in [2.75, 3.05) is 38.6 Å². The first-order chi connectivity index (χ1) is 15.5. The van der Waals surface area contributed by atoms with E-state index in [4.69, 9.17) is 4.74 Å². The van der Waals surface area contributed by atoms with Crippen LogP contribution in [0.1, 0.15) is 44.6 Å². The Hall–Kier alpha value is -1.55. The van der Waals surface area contributed by atoms with Crippen LogP contribution in [0.3, 0.4) is 0 Å². The van der Waals surface area contributed by atoms with Crippen LogP contribution in [0.15, 0.2) is 30.9 Å². The number of halogens is 2. The SMILES string of the molecule is C[C@@H](SCCCCCCCN1CCOCC1)[C@](O)(Cn1cncn1)c1ccc(F)cc1F. The van der Waals surface area contributed by atoms with Crippen LogP contribution in [-0.4, -0.2) is 68.6 Å². The first-order valence-corrected chi connectivity index (χ1v) is 12.5. The zero-order valence-corrected chi connectivity index (χ0v) is 19.6. The molecule has 1 saturated heterocycles. The molecule has 3 rings (SSSR count). The topological polar surface area (TPSA) is 63.4 Å². The first-order valence-electron chi connectivity index (χ1n) is 11.4. The normalized spacial score (nSPS) is 17.9. The molecule has 0 spiro atoms. The van der Waals surface area contributed by atoms with Gasteiger partial charge < -0.3 is 9.84 Å². The number of nitrogens with zero attached hydrogens (tertiary/aromatic N) is 4. The van der Waals surface area contributed by atoms with E-state index in [2.05, 4.69) is 15.0 Å². The van der Waals surface area contributed by atoms with Crippen LogP contribution in [0, 0.1) is 11.6 Å². The van der Waals surface area contributed by atoms with Crippen LogP contribution < -0.4 is 0 Å². The van der Waals surface area contributed by atoms with Crippen molar-refractivity contribution in [2.45, 2.75) is 56.4 Å². The van der Waals surface area contributed by atoms with Crippen LogP contribution in [0.2, 0.25) is 0 Å². The Bertz CT molecular complexity index is 805. The Morgan fingerprint density at radius 1 is 1.16 bits per heavy atom. The number of ether oxygens (including phenoxy) is 1. The molecule has 1 N–H and O–H groups in total. The first kappa shape index (κ1) is 25.1. The predicted molar refractivity (Wildman–Crippen MR) is 123 cm³/mol. The van der Waals surface area contributed by atoms with E-state index in [1.807, 2.05) is 6.92 Å². The van der Waals surface area contributed by atoms with E-state index < -0.39 is 17.2 Å². The van der Waals surface area contributed by atoms with Crippen LogP contribution in [0.25, 0.3) is 0 Å². The number of aliphatic hydroxyl groups is 1. The standard InChI is InChI=1S/C23H34F2N4O2S/c1-19(32-14-6-4-2-3-5-9-28-10-12-31-13-11-28)23(30,16-29-18-26-17-27-29)21-8-7-20(24)15-22(21)25/h7-8,15,17-19,30H,2-6,9-14,16H2,1H3/t19-,23-/m1/s1. The van der Waals surface area contributed by atoms with E-state index in [1.54, 1.807) is 11.8 Å². The molecule has 1 aliphatic heterocycles. The van der Waals surface area contributed by atoms with Crippen molar-refractivity contribution in [1.82, 2.24) is 19.7 Å². The van der Waals surface area contributed by atoms with Crippen LogP contribution >= 0.6 is 11.8 Å². The summed E-state index contributed by atoms with van der Waals surface area (Å²) in [4.78, 5) is 6.37. The second-order valence-corrected chi connectivity index (χ2v) is 9.82. The van der Waals surface area contributed by atoms with Gasteiger partial charge >= 0.3 is 0 Å². The monoisotopic (exact) mass is 468 g/mol. The van der Waals surface area contributed by atoms with Gasteiger partial charge in [0.2, 0.25) is 0 Å². The van der Waals surface area contributed by atoms with Gasteiger partial charge in [0, 0.05) is 30.0 Å². The molecule has 0 amide bonds. The van der Waals surface area contributed by atoms with E-state index in [-0.39, 0.29) is 17.4 Å². The number of unbranched alkanes of at least 4 members (excludes halogenated alkanes) is 4. The summed E-state index contributed by atoms with van der Waals surface area (Å²) < 4.78 is 34.9. The molecule has 1 aromatic heterocycles. The summed E-state index contributed by atoms with van der Waals surface area (Å²) >= 11 is 1.61. The van der Waals surface area contributed by atoms with Crippen LogP contribution in [-0.2, 0) is 16.9 Å². The number of hydrogen-bond acceptors (Lipinski definition) is 6. The average Bonchev–Trinajstić information content (AvgIpc) is 3.28. The number of aromatic nitrogens is 3. The molecule has 0 unspecified atom stereocenters. The summed E-state index contributed by atoms with van der Waals surface area (Å²) in [6.45, 7) is 6.86. The van der Waals surface area contributed by atoms with Crippen molar-refractivity contribution in [2.24, 2.45) is 0 Å².